The number of hydrogen-bond donors (Lipinski definition) is 3. The number of thioether (sulfide) groups is 1. The third kappa shape index (κ3) is 7.32. The Morgan fingerprint density at radius 3 is 2.74 bits per heavy atom. The number of aromatic amines is 1. The molecule has 0 spiro atoms. The van der Waals surface area contributed by atoms with Gasteiger partial charge in [-0.1, -0.05) is 32.0 Å². The molecule has 1 aromatic rings. The number of hydrogen-bond acceptors (Lipinski definition) is 5. The normalized spacial score (nSPS) is 11.8. The summed E-state index contributed by atoms with van der Waals surface area (Å²) in [5, 5.41) is 5.76. The molecule has 0 aliphatic heterocycles. The lowest BCUT2D eigenvalue weighted by Crippen LogP contribution is -2.45. The maximum absolute atomic E-state index is 11.9. The number of aryl methyl sites for hydroxylation is 1. The van der Waals surface area contributed by atoms with E-state index in [0.717, 1.165) is 31.0 Å². The van der Waals surface area contributed by atoms with Gasteiger partial charge in [0.1, 0.15) is 6.04 Å². The summed E-state index contributed by atoms with van der Waals surface area (Å²) < 4.78 is 0. The van der Waals surface area contributed by atoms with Crippen molar-refractivity contribution < 1.29 is 9.59 Å². The first-order valence-electron chi connectivity index (χ1n) is 7.76. The number of nitrogens with zero attached hydrogens (tertiary/aromatic N) is 1. The molecule has 3 N–H and O–H groups in total. The standard InChI is InChI=1S/C15H24N4O3S/c1-4-6-11-8-12(20)19-15(18-11)23-9-13(21)17-10(3)14(22)16-7-5-2/h8,10H,4-7,9H2,1-3H3,(H,16,22)(H,17,21)(H,18,19,20)/t10-/m0/s1. The van der Waals surface area contributed by atoms with Crippen LogP contribution in [0.3, 0.4) is 0 Å². The molecule has 2 amide bonds. The van der Waals surface area contributed by atoms with Crippen LogP contribution in [-0.2, 0) is 16.0 Å². The van der Waals surface area contributed by atoms with Gasteiger partial charge in [0, 0.05) is 18.3 Å². The molecular formula is C15H24N4O3S. The second kappa shape index (κ2) is 10.0. The molecule has 8 heteroatoms. The number of nitrogens with one attached hydrogen (secondary N) is 3. The fraction of sp³-hybridized carbons (Fsp3) is 0.600. The van der Waals surface area contributed by atoms with Gasteiger partial charge in [-0.05, 0) is 19.8 Å². The Kier molecular flexibility index (Phi) is 8.39. The lowest BCUT2D eigenvalue weighted by atomic mass is 10.2. The zero-order valence-electron chi connectivity index (χ0n) is 13.8. The molecule has 23 heavy (non-hydrogen) atoms. The molecule has 1 rings (SSSR count). The van der Waals surface area contributed by atoms with Crippen molar-refractivity contribution in [3.63, 3.8) is 0 Å². The van der Waals surface area contributed by atoms with Crippen molar-refractivity contribution in [3.05, 3.63) is 22.1 Å². The first kappa shape index (κ1) is 19.2. The van der Waals surface area contributed by atoms with Crippen molar-refractivity contribution >= 4 is 23.6 Å². The van der Waals surface area contributed by atoms with Gasteiger partial charge in [-0.2, -0.15) is 0 Å². The van der Waals surface area contributed by atoms with Gasteiger partial charge >= 0.3 is 0 Å². The largest absolute Gasteiger partial charge is 0.354 e. The van der Waals surface area contributed by atoms with Crippen LogP contribution in [0.5, 0.6) is 0 Å². The van der Waals surface area contributed by atoms with Crippen LogP contribution in [0, 0.1) is 0 Å². The summed E-state index contributed by atoms with van der Waals surface area (Å²) >= 11 is 1.14. The maximum atomic E-state index is 11.9. The molecule has 0 unspecified atom stereocenters. The Morgan fingerprint density at radius 1 is 1.35 bits per heavy atom. The van der Waals surface area contributed by atoms with E-state index in [-0.39, 0.29) is 23.1 Å². The van der Waals surface area contributed by atoms with E-state index in [1.807, 2.05) is 13.8 Å². The van der Waals surface area contributed by atoms with Gasteiger partial charge in [0.2, 0.25) is 11.8 Å². The van der Waals surface area contributed by atoms with Crippen LogP contribution in [0.15, 0.2) is 16.0 Å². The second-order valence-electron chi connectivity index (χ2n) is 5.16. The molecule has 0 fully saturated rings. The molecule has 1 aromatic heterocycles. The highest BCUT2D eigenvalue weighted by molar-refractivity contribution is 7.99. The molecule has 0 aliphatic rings. The predicted molar refractivity (Wildman–Crippen MR) is 90.5 cm³/mol. The van der Waals surface area contributed by atoms with Gasteiger partial charge < -0.3 is 15.6 Å². The Morgan fingerprint density at radius 2 is 2.09 bits per heavy atom. The van der Waals surface area contributed by atoms with Crippen LogP contribution in [0.2, 0.25) is 0 Å². The van der Waals surface area contributed by atoms with Gasteiger partial charge in [0.05, 0.1) is 5.75 Å². The predicted octanol–water partition coefficient (Wildman–Crippen LogP) is 0.845. The van der Waals surface area contributed by atoms with Gasteiger partial charge in [0.15, 0.2) is 5.16 Å². The molecule has 0 saturated heterocycles. The van der Waals surface area contributed by atoms with E-state index in [0.29, 0.717) is 17.4 Å². The van der Waals surface area contributed by atoms with E-state index in [9.17, 15) is 14.4 Å². The highest BCUT2D eigenvalue weighted by Crippen LogP contribution is 2.11. The van der Waals surface area contributed by atoms with E-state index < -0.39 is 6.04 Å². The summed E-state index contributed by atoms with van der Waals surface area (Å²) in [6.07, 6.45) is 2.46. The number of amides is 2. The Hall–Kier alpha value is -1.83. The fourth-order valence-electron chi connectivity index (χ4n) is 1.82. The van der Waals surface area contributed by atoms with Crippen LogP contribution in [0.1, 0.15) is 39.3 Å². The summed E-state index contributed by atoms with van der Waals surface area (Å²) in [5.41, 5.74) is 0.491. The van der Waals surface area contributed by atoms with Crippen molar-refractivity contribution in [2.45, 2.75) is 51.2 Å². The average Bonchev–Trinajstić information content (AvgIpc) is 2.50. The molecule has 0 saturated carbocycles. The molecule has 1 atom stereocenters. The fourth-order valence-corrected chi connectivity index (χ4v) is 2.53. The highest BCUT2D eigenvalue weighted by Gasteiger charge is 2.15. The van der Waals surface area contributed by atoms with Gasteiger partial charge in [0.25, 0.3) is 5.56 Å². The van der Waals surface area contributed by atoms with Crippen LogP contribution < -0.4 is 16.2 Å². The van der Waals surface area contributed by atoms with E-state index in [4.69, 9.17) is 0 Å². The Bertz CT molecular complexity index is 588. The Balaban J connectivity index is 2.49. The van der Waals surface area contributed by atoms with Crippen LogP contribution in [0.4, 0.5) is 0 Å². The van der Waals surface area contributed by atoms with E-state index in [1.165, 1.54) is 6.07 Å². The van der Waals surface area contributed by atoms with Crippen molar-refractivity contribution in [1.82, 2.24) is 20.6 Å². The summed E-state index contributed by atoms with van der Waals surface area (Å²) in [6, 6.07) is 0.876. The van der Waals surface area contributed by atoms with Gasteiger partial charge in [-0.25, -0.2) is 4.98 Å². The molecule has 0 radical (unpaired) electrons. The monoisotopic (exact) mass is 340 g/mol. The number of carbonyl (C=O) groups is 2. The Labute approximate surface area is 140 Å². The van der Waals surface area contributed by atoms with Gasteiger partial charge in [-0.3, -0.25) is 14.4 Å². The number of rotatable bonds is 9. The quantitative estimate of drug-likeness (QED) is 0.457. The van der Waals surface area contributed by atoms with E-state index >= 15 is 0 Å². The number of H-pyrrole nitrogens is 1. The lowest BCUT2D eigenvalue weighted by molar-refractivity contribution is -0.127. The molecule has 0 aromatic carbocycles. The minimum Gasteiger partial charge on any atom is -0.354 e. The van der Waals surface area contributed by atoms with Crippen molar-refractivity contribution in [2.24, 2.45) is 0 Å². The smallest absolute Gasteiger partial charge is 0.251 e. The van der Waals surface area contributed by atoms with Crippen molar-refractivity contribution in [1.29, 1.82) is 0 Å². The van der Waals surface area contributed by atoms with Crippen molar-refractivity contribution in [2.75, 3.05) is 12.3 Å². The third-order valence-electron chi connectivity index (χ3n) is 2.94. The first-order valence-corrected chi connectivity index (χ1v) is 8.74. The molecule has 7 nitrogen and oxygen atoms in total. The first-order chi connectivity index (χ1) is 11.0. The molecule has 1 heterocycles. The average molecular weight is 340 g/mol. The zero-order valence-corrected chi connectivity index (χ0v) is 14.6. The summed E-state index contributed by atoms with van der Waals surface area (Å²) in [5.74, 6) is -0.399. The second-order valence-corrected chi connectivity index (χ2v) is 6.12. The third-order valence-corrected chi connectivity index (χ3v) is 3.81. The summed E-state index contributed by atoms with van der Waals surface area (Å²) in [6.45, 7) is 6.19. The minimum atomic E-state index is -0.590. The minimum absolute atomic E-state index is 0.0872. The maximum Gasteiger partial charge on any atom is 0.251 e. The van der Waals surface area contributed by atoms with Crippen LogP contribution >= 0.6 is 11.8 Å². The van der Waals surface area contributed by atoms with Crippen molar-refractivity contribution in [3.8, 4) is 0 Å². The SMILES string of the molecule is CCCNC(=O)[C@H](C)NC(=O)CSc1nc(CCC)cc(=O)[nH]1. The van der Waals surface area contributed by atoms with Gasteiger partial charge in [-0.15, -0.1) is 0 Å². The van der Waals surface area contributed by atoms with Crippen LogP contribution in [0.25, 0.3) is 0 Å². The summed E-state index contributed by atoms with van der Waals surface area (Å²) in [7, 11) is 0. The van der Waals surface area contributed by atoms with E-state index in [2.05, 4.69) is 20.6 Å². The summed E-state index contributed by atoms with van der Waals surface area (Å²) in [4.78, 5) is 42.0. The highest BCUT2D eigenvalue weighted by atomic mass is 32.2. The molecular weight excluding hydrogens is 316 g/mol. The van der Waals surface area contributed by atoms with Crippen LogP contribution in [-0.4, -0.2) is 40.1 Å². The zero-order chi connectivity index (χ0) is 17.2. The topological polar surface area (TPSA) is 104 Å². The molecule has 0 aliphatic carbocycles. The molecule has 0 bridgehead atoms. The number of carbonyl (C=O) groups excluding carboxylic acids is 2. The van der Waals surface area contributed by atoms with E-state index in [1.54, 1.807) is 6.92 Å². The lowest BCUT2D eigenvalue weighted by Gasteiger charge is -2.13. The number of aromatic nitrogens is 2. The molecule has 128 valence electrons.